The molecule has 1 aromatic carbocycles. The maximum absolute atomic E-state index is 6.17. The number of imidazole rings is 1. The molecule has 1 fully saturated rings. The lowest BCUT2D eigenvalue weighted by Gasteiger charge is -2.29. The Balaban J connectivity index is 1.36. The summed E-state index contributed by atoms with van der Waals surface area (Å²) >= 11 is 6.03. The highest BCUT2D eigenvalue weighted by atomic mass is 35.5. The van der Waals surface area contributed by atoms with Gasteiger partial charge in [-0.3, -0.25) is 0 Å². The molecule has 0 radical (unpaired) electrons. The first-order valence-corrected chi connectivity index (χ1v) is 9.77. The number of rotatable bonds is 4. The van der Waals surface area contributed by atoms with Crippen LogP contribution < -0.4 is 10.1 Å². The van der Waals surface area contributed by atoms with E-state index in [9.17, 15) is 0 Å². The van der Waals surface area contributed by atoms with Gasteiger partial charge in [-0.1, -0.05) is 11.6 Å². The second kappa shape index (κ2) is 7.00. The number of halogens is 1. The first-order chi connectivity index (χ1) is 13.6. The van der Waals surface area contributed by atoms with Gasteiger partial charge in [0.25, 0.3) is 0 Å². The number of benzene rings is 1. The number of anilines is 2. The topological polar surface area (TPSA) is 81.9 Å². The van der Waals surface area contributed by atoms with Crippen molar-refractivity contribution in [1.82, 2.24) is 24.8 Å². The molecule has 4 aromatic rings. The minimum absolute atomic E-state index is 0.274. The number of likely N-dealkylation sites (tertiary alicyclic amines) is 1. The van der Waals surface area contributed by atoms with Crippen LogP contribution in [-0.2, 0) is 0 Å². The van der Waals surface area contributed by atoms with Crippen LogP contribution >= 0.6 is 11.6 Å². The van der Waals surface area contributed by atoms with Crippen molar-refractivity contribution < 1.29 is 4.74 Å². The van der Waals surface area contributed by atoms with Crippen LogP contribution in [0.15, 0.2) is 36.5 Å². The van der Waals surface area contributed by atoms with Gasteiger partial charge >= 0.3 is 0 Å². The highest BCUT2D eigenvalue weighted by Crippen LogP contribution is 2.28. The second-order valence-corrected chi connectivity index (χ2v) is 7.63. The van der Waals surface area contributed by atoms with Gasteiger partial charge in [0.2, 0.25) is 5.95 Å². The van der Waals surface area contributed by atoms with Gasteiger partial charge in [-0.05, 0) is 44.2 Å². The number of nitrogens with one attached hydrogen (secondary N) is 3. The quantitative estimate of drug-likeness (QED) is 0.448. The third-order valence-electron chi connectivity index (χ3n) is 5.16. The molecule has 5 rings (SSSR count). The van der Waals surface area contributed by atoms with Crippen molar-refractivity contribution in [3.05, 3.63) is 41.7 Å². The van der Waals surface area contributed by atoms with Gasteiger partial charge in [0.05, 0.1) is 22.2 Å². The van der Waals surface area contributed by atoms with Crippen LogP contribution in [0.4, 0.5) is 11.6 Å². The largest absolute Gasteiger partial charge is 0.490 e. The lowest BCUT2D eigenvalue weighted by molar-refractivity contribution is 0.114. The number of hydrogen-bond acceptors (Lipinski definition) is 5. The molecule has 7 nitrogen and oxygen atoms in total. The molecule has 0 spiro atoms. The minimum atomic E-state index is 0.274. The van der Waals surface area contributed by atoms with Gasteiger partial charge in [0.1, 0.15) is 22.5 Å². The van der Waals surface area contributed by atoms with E-state index in [0.717, 1.165) is 59.4 Å². The molecular weight excluding hydrogens is 376 g/mol. The highest BCUT2D eigenvalue weighted by Gasteiger charge is 2.18. The normalized spacial score (nSPS) is 16.1. The Labute approximate surface area is 167 Å². The molecule has 8 heteroatoms. The Hall–Kier alpha value is -2.77. The Morgan fingerprint density at radius 1 is 1.14 bits per heavy atom. The average molecular weight is 397 g/mol. The number of nitrogens with zero attached hydrogens (tertiary/aromatic N) is 3. The predicted octanol–water partition coefficient (Wildman–Crippen LogP) is 4.31. The zero-order chi connectivity index (χ0) is 19.1. The molecule has 3 aromatic heterocycles. The highest BCUT2D eigenvalue weighted by molar-refractivity contribution is 6.29. The smallest absolute Gasteiger partial charge is 0.205 e. The maximum Gasteiger partial charge on any atom is 0.205 e. The van der Waals surface area contributed by atoms with Crippen LogP contribution in [-0.4, -0.2) is 51.1 Å². The number of fused-ring (bicyclic) bond motifs is 2. The monoisotopic (exact) mass is 396 g/mol. The molecule has 1 aliphatic heterocycles. The molecule has 0 saturated carbocycles. The third-order valence-corrected chi connectivity index (χ3v) is 5.37. The third kappa shape index (κ3) is 3.39. The van der Waals surface area contributed by atoms with Crippen LogP contribution in [0.3, 0.4) is 0 Å². The number of H-pyrrole nitrogens is 2. The fourth-order valence-electron chi connectivity index (χ4n) is 3.61. The second-order valence-electron chi connectivity index (χ2n) is 7.24. The molecular formula is C20H21ClN6O. The Morgan fingerprint density at radius 2 is 2.00 bits per heavy atom. The number of aromatic amines is 2. The summed E-state index contributed by atoms with van der Waals surface area (Å²) < 4.78 is 6.17. The molecule has 0 unspecified atom stereocenters. The summed E-state index contributed by atoms with van der Waals surface area (Å²) in [6.07, 6.45) is 4.24. The van der Waals surface area contributed by atoms with E-state index in [4.69, 9.17) is 16.3 Å². The first kappa shape index (κ1) is 17.3. The van der Waals surface area contributed by atoms with Crippen molar-refractivity contribution in [2.75, 3.05) is 25.5 Å². The summed E-state index contributed by atoms with van der Waals surface area (Å²) in [5.74, 6) is 1.52. The summed E-state index contributed by atoms with van der Waals surface area (Å²) in [5, 5.41) is 3.74. The number of aromatic nitrogens is 4. The van der Waals surface area contributed by atoms with E-state index in [0.29, 0.717) is 11.1 Å². The van der Waals surface area contributed by atoms with Crippen molar-refractivity contribution in [1.29, 1.82) is 0 Å². The van der Waals surface area contributed by atoms with Crippen molar-refractivity contribution in [2.45, 2.75) is 18.9 Å². The molecule has 3 N–H and O–H groups in total. The maximum atomic E-state index is 6.17. The van der Waals surface area contributed by atoms with Gasteiger partial charge in [-0.15, -0.1) is 0 Å². The van der Waals surface area contributed by atoms with E-state index in [1.165, 1.54) is 0 Å². The zero-order valence-corrected chi connectivity index (χ0v) is 16.3. The van der Waals surface area contributed by atoms with Crippen LogP contribution in [0.25, 0.3) is 22.1 Å². The van der Waals surface area contributed by atoms with Crippen LogP contribution in [0.2, 0.25) is 5.15 Å². The number of pyridine rings is 1. The number of ether oxygens (including phenoxy) is 1. The lowest BCUT2D eigenvalue weighted by Crippen LogP contribution is -2.35. The standard InChI is InChI=1S/C20H21ClN6O/c1-27-8-6-12(7-9-27)28-13-2-3-14-16(10-13)24-20(23-14)25-17-11-22-15-4-5-18(21)26-19(15)17/h2-5,10-12,22H,6-9H2,1H3,(H2,23,24,25). The predicted molar refractivity (Wildman–Crippen MR) is 112 cm³/mol. The lowest BCUT2D eigenvalue weighted by atomic mass is 10.1. The summed E-state index contributed by atoms with van der Waals surface area (Å²) in [4.78, 5) is 17.8. The van der Waals surface area contributed by atoms with Crippen molar-refractivity contribution >= 4 is 45.3 Å². The van der Waals surface area contributed by atoms with Crippen molar-refractivity contribution in [3.8, 4) is 5.75 Å². The van der Waals surface area contributed by atoms with E-state index in [2.05, 4.69) is 37.2 Å². The number of piperidine rings is 1. The van der Waals surface area contributed by atoms with Crippen molar-refractivity contribution in [2.24, 2.45) is 0 Å². The van der Waals surface area contributed by atoms with Crippen LogP contribution in [0.5, 0.6) is 5.75 Å². The van der Waals surface area contributed by atoms with Gasteiger partial charge < -0.3 is 24.9 Å². The van der Waals surface area contributed by atoms with Crippen LogP contribution in [0, 0.1) is 0 Å². The Bertz CT molecular complexity index is 1130. The van der Waals surface area contributed by atoms with Gasteiger partial charge in [0.15, 0.2) is 0 Å². The molecule has 28 heavy (non-hydrogen) atoms. The molecule has 0 aliphatic carbocycles. The van der Waals surface area contributed by atoms with Crippen molar-refractivity contribution in [3.63, 3.8) is 0 Å². The van der Waals surface area contributed by atoms with Gasteiger partial charge in [-0.25, -0.2) is 9.97 Å². The minimum Gasteiger partial charge on any atom is -0.490 e. The van der Waals surface area contributed by atoms with E-state index < -0.39 is 0 Å². The summed E-state index contributed by atoms with van der Waals surface area (Å²) in [6.45, 7) is 2.15. The fourth-order valence-corrected chi connectivity index (χ4v) is 3.76. The SMILES string of the molecule is CN1CCC(Oc2ccc3nc(Nc4c[nH]c5ccc(Cl)nc45)[nH]c3c2)CC1. The summed E-state index contributed by atoms with van der Waals surface area (Å²) in [7, 11) is 2.15. The molecule has 0 amide bonds. The van der Waals surface area contributed by atoms with E-state index >= 15 is 0 Å². The average Bonchev–Trinajstić information content (AvgIpc) is 3.27. The molecule has 144 valence electrons. The summed E-state index contributed by atoms with van der Waals surface area (Å²) in [6, 6.07) is 9.64. The van der Waals surface area contributed by atoms with Crippen LogP contribution in [0.1, 0.15) is 12.8 Å². The Morgan fingerprint density at radius 3 is 2.86 bits per heavy atom. The molecule has 1 aliphatic rings. The molecule has 1 saturated heterocycles. The summed E-state index contributed by atoms with van der Waals surface area (Å²) in [5.41, 5.74) is 4.32. The molecule has 0 bridgehead atoms. The van der Waals surface area contributed by atoms with Gasteiger partial charge in [-0.2, -0.15) is 0 Å². The van der Waals surface area contributed by atoms with Gasteiger partial charge in [0, 0.05) is 25.4 Å². The zero-order valence-electron chi connectivity index (χ0n) is 15.5. The van der Waals surface area contributed by atoms with E-state index in [1.807, 2.05) is 30.5 Å². The first-order valence-electron chi connectivity index (χ1n) is 9.40. The van der Waals surface area contributed by atoms with E-state index in [-0.39, 0.29) is 6.10 Å². The Kier molecular flexibility index (Phi) is 4.33. The van der Waals surface area contributed by atoms with E-state index in [1.54, 1.807) is 6.07 Å². The fraction of sp³-hybridized carbons (Fsp3) is 0.300. The molecule has 4 heterocycles. The molecule has 0 atom stereocenters. The number of hydrogen-bond donors (Lipinski definition) is 3.